The molecule has 5 heteroatoms. The number of sulfonamides is 1. The Hall–Kier alpha value is -1.07. The summed E-state index contributed by atoms with van der Waals surface area (Å²) in [7, 11) is -3.73. The summed E-state index contributed by atoms with van der Waals surface area (Å²) in [6.45, 7) is 5.66. The average molecular weight is 243 g/mol. The third kappa shape index (κ3) is 3.21. The van der Waals surface area contributed by atoms with Gasteiger partial charge in [-0.15, -0.1) is 0 Å². The molecule has 4 nitrogen and oxygen atoms in total. The number of ether oxygens (including phenoxy) is 1. The molecular weight excluding hydrogens is 226 g/mol. The Morgan fingerprint density at radius 2 is 2.06 bits per heavy atom. The Bertz CT molecular complexity index is 468. The van der Waals surface area contributed by atoms with Gasteiger partial charge in [0.05, 0.1) is 6.10 Å². The van der Waals surface area contributed by atoms with Crippen LogP contribution in [0.25, 0.3) is 0 Å². The van der Waals surface area contributed by atoms with Gasteiger partial charge in [0.1, 0.15) is 10.6 Å². The summed E-state index contributed by atoms with van der Waals surface area (Å²) >= 11 is 0. The number of benzene rings is 1. The summed E-state index contributed by atoms with van der Waals surface area (Å²) in [6.07, 6.45) is 0.765. The molecule has 0 fully saturated rings. The van der Waals surface area contributed by atoms with Gasteiger partial charge < -0.3 is 4.74 Å². The molecule has 2 N–H and O–H groups in total. The highest BCUT2D eigenvalue weighted by Gasteiger charge is 2.16. The first-order chi connectivity index (χ1) is 7.34. The molecule has 1 rings (SSSR count). The van der Waals surface area contributed by atoms with Crippen molar-refractivity contribution in [3.8, 4) is 5.75 Å². The fraction of sp³-hybridized carbons (Fsp3) is 0.455. The maximum Gasteiger partial charge on any atom is 0.241 e. The van der Waals surface area contributed by atoms with Crippen LogP contribution in [0.4, 0.5) is 0 Å². The summed E-state index contributed by atoms with van der Waals surface area (Å²) in [5.74, 6) is 0.322. The summed E-state index contributed by atoms with van der Waals surface area (Å²) in [5, 5.41) is 5.14. The molecule has 1 aromatic carbocycles. The van der Waals surface area contributed by atoms with Gasteiger partial charge in [0, 0.05) is 0 Å². The van der Waals surface area contributed by atoms with Crippen molar-refractivity contribution in [1.29, 1.82) is 0 Å². The normalized spacial score (nSPS) is 13.5. The zero-order chi connectivity index (χ0) is 12.3. The van der Waals surface area contributed by atoms with Gasteiger partial charge in [0.25, 0.3) is 0 Å². The maximum atomic E-state index is 11.4. The number of hydrogen-bond acceptors (Lipinski definition) is 3. The van der Waals surface area contributed by atoms with E-state index in [1.807, 2.05) is 20.8 Å². The summed E-state index contributed by atoms with van der Waals surface area (Å²) in [4.78, 5) is 0.0489. The van der Waals surface area contributed by atoms with E-state index < -0.39 is 10.0 Å². The second-order valence-electron chi connectivity index (χ2n) is 3.83. The number of aryl methyl sites for hydroxylation is 1. The lowest BCUT2D eigenvalue weighted by Gasteiger charge is -2.15. The van der Waals surface area contributed by atoms with Crippen molar-refractivity contribution >= 4 is 10.0 Å². The van der Waals surface area contributed by atoms with Crippen LogP contribution in [0, 0.1) is 6.92 Å². The van der Waals surface area contributed by atoms with E-state index in [1.165, 1.54) is 6.07 Å². The Kier molecular flexibility index (Phi) is 3.93. The molecule has 1 atom stereocenters. The van der Waals surface area contributed by atoms with Crippen molar-refractivity contribution in [2.24, 2.45) is 5.14 Å². The minimum absolute atomic E-state index is 0.0387. The smallest absolute Gasteiger partial charge is 0.241 e. The van der Waals surface area contributed by atoms with E-state index in [0.717, 1.165) is 12.0 Å². The molecule has 0 amide bonds. The van der Waals surface area contributed by atoms with Crippen LogP contribution >= 0.6 is 0 Å². The van der Waals surface area contributed by atoms with Gasteiger partial charge in [-0.1, -0.05) is 13.0 Å². The van der Waals surface area contributed by atoms with Crippen LogP contribution < -0.4 is 9.88 Å². The van der Waals surface area contributed by atoms with Gasteiger partial charge in [-0.2, -0.15) is 0 Å². The second-order valence-corrected chi connectivity index (χ2v) is 5.36. The van der Waals surface area contributed by atoms with Crippen LogP contribution in [0.2, 0.25) is 0 Å². The van der Waals surface area contributed by atoms with E-state index in [0.29, 0.717) is 5.75 Å². The molecular formula is C11H17NO3S. The predicted octanol–water partition coefficient (Wildman–Crippen LogP) is 1.82. The highest BCUT2D eigenvalue weighted by molar-refractivity contribution is 7.89. The number of rotatable bonds is 4. The Morgan fingerprint density at radius 3 is 2.56 bits per heavy atom. The first kappa shape index (κ1) is 13.0. The van der Waals surface area contributed by atoms with Crippen LogP contribution in [0.1, 0.15) is 25.8 Å². The van der Waals surface area contributed by atoms with Gasteiger partial charge in [-0.05, 0) is 38.0 Å². The Labute approximate surface area is 96.5 Å². The number of hydrogen-bond donors (Lipinski definition) is 1. The molecule has 0 aromatic heterocycles. The van der Waals surface area contributed by atoms with Crippen LogP contribution in [0.5, 0.6) is 5.75 Å². The van der Waals surface area contributed by atoms with Gasteiger partial charge in [-0.3, -0.25) is 0 Å². The van der Waals surface area contributed by atoms with Crippen LogP contribution in [0.3, 0.4) is 0 Å². The van der Waals surface area contributed by atoms with E-state index in [9.17, 15) is 8.42 Å². The third-order valence-electron chi connectivity index (χ3n) is 2.31. The molecule has 0 aliphatic heterocycles. The van der Waals surface area contributed by atoms with Crippen LogP contribution in [-0.2, 0) is 10.0 Å². The van der Waals surface area contributed by atoms with Crippen molar-refractivity contribution in [3.05, 3.63) is 23.8 Å². The van der Waals surface area contributed by atoms with Gasteiger partial charge in [0.15, 0.2) is 0 Å². The minimum atomic E-state index is -3.73. The summed E-state index contributed by atoms with van der Waals surface area (Å²) in [5.41, 5.74) is 0.834. The van der Waals surface area contributed by atoms with Crippen LogP contribution in [0.15, 0.2) is 23.1 Å². The standard InChI is InChI=1S/C11H17NO3S/c1-4-9(3)15-10-6-5-8(2)7-11(10)16(12,13)14/h5-7,9H,4H2,1-3H3,(H2,12,13,14). The third-order valence-corrected chi connectivity index (χ3v) is 3.24. The van der Waals surface area contributed by atoms with Crippen molar-refractivity contribution in [3.63, 3.8) is 0 Å². The molecule has 0 bridgehead atoms. The lowest BCUT2D eigenvalue weighted by atomic mass is 10.2. The van der Waals surface area contributed by atoms with Crippen molar-refractivity contribution in [2.45, 2.75) is 38.2 Å². The predicted molar refractivity (Wildman–Crippen MR) is 62.9 cm³/mol. The largest absolute Gasteiger partial charge is 0.489 e. The van der Waals surface area contributed by atoms with E-state index >= 15 is 0 Å². The molecule has 1 unspecified atom stereocenters. The van der Waals surface area contributed by atoms with Gasteiger partial charge in [0.2, 0.25) is 10.0 Å². The molecule has 0 radical (unpaired) electrons. The Balaban J connectivity index is 3.19. The van der Waals surface area contributed by atoms with Crippen molar-refractivity contribution < 1.29 is 13.2 Å². The van der Waals surface area contributed by atoms with E-state index in [-0.39, 0.29) is 11.0 Å². The SMILES string of the molecule is CCC(C)Oc1ccc(C)cc1S(N)(=O)=O. The van der Waals surface area contributed by atoms with Gasteiger partial charge >= 0.3 is 0 Å². The number of nitrogens with two attached hydrogens (primary N) is 1. The summed E-state index contributed by atoms with van der Waals surface area (Å²) < 4.78 is 28.3. The minimum Gasteiger partial charge on any atom is -0.489 e. The summed E-state index contributed by atoms with van der Waals surface area (Å²) in [6, 6.07) is 4.96. The zero-order valence-electron chi connectivity index (χ0n) is 9.73. The lowest BCUT2D eigenvalue weighted by Crippen LogP contribution is -2.17. The van der Waals surface area contributed by atoms with Gasteiger partial charge in [-0.25, -0.2) is 13.6 Å². The molecule has 0 aliphatic rings. The fourth-order valence-electron chi connectivity index (χ4n) is 1.24. The first-order valence-corrected chi connectivity index (χ1v) is 6.69. The molecule has 90 valence electrons. The quantitative estimate of drug-likeness (QED) is 0.877. The number of primary sulfonamides is 1. The van der Waals surface area contributed by atoms with E-state index in [2.05, 4.69) is 0 Å². The molecule has 0 aliphatic carbocycles. The molecule has 16 heavy (non-hydrogen) atoms. The second kappa shape index (κ2) is 4.84. The van der Waals surface area contributed by atoms with Crippen molar-refractivity contribution in [1.82, 2.24) is 0 Å². The molecule has 0 spiro atoms. The topological polar surface area (TPSA) is 69.4 Å². The average Bonchev–Trinajstić information content (AvgIpc) is 2.19. The highest BCUT2D eigenvalue weighted by Crippen LogP contribution is 2.25. The van der Waals surface area contributed by atoms with Crippen molar-refractivity contribution in [2.75, 3.05) is 0 Å². The maximum absolute atomic E-state index is 11.4. The van der Waals surface area contributed by atoms with E-state index in [1.54, 1.807) is 12.1 Å². The molecule has 0 saturated carbocycles. The Morgan fingerprint density at radius 1 is 1.44 bits per heavy atom. The molecule has 0 heterocycles. The highest BCUT2D eigenvalue weighted by atomic mass is 32.2. The monoisotopic (exact) mass is 243 g/mol. The van der Waals surface area contributed by atoms with Crippen LogP contribution in [-0.4, -0.2) is 14.5 Å². The van der Waals surface area contributed by atoms with E-state index in [4.69, 9.17) is 9.88 Å². The molecule has 0 saturated heterocycles. The lowest BCUT2D eigenvalue weighted by molar-refractivity contribution is 0.211. The molecule has 1 aromatic rings. The zero-order valence-corrected chi connectivity index (χ0v) is 10.5. The fourth-order valence-corrected chi connectivity index (χ4v) is 1.98. The first-order valence-electron chi connectivity index (χ1n) is 5.14.